The van der Waals surface area contributed by atoms with Crippen LogP contribution < -0.4 is 5.73 Å². The first-order valence-corrected chi connectivity index (χ1v) is 10.4. The van der Waals surface area contributed by atoms with Crippen molar-refractivity contribution in [2.45, 2.75) is 116 Å². The Morgan fingerprint density at radius 2 is 1.13 bits per heavy atom. The molecule has 0 aliphatic carbocycles. The lowest BCUT2D eigenvalue weighted by Gasteiger charge is -2.10. The molecule has 2 N–H and O–H groups in total. The monoisotopic (exact) mass is 321 g/mol. The van der Waals surface area contributed by atoms with Crippen molar-refractivity contribution < 1.29 is 0 Å². The first-order chi connectivity index (χ1) is 11.3. The van der Waals surface area contributed by atoms with Gasteiger partial charge in [0.2, 0.25) is 0 Å². The Balaban J connectivity index is 3.22. The van der Waals surface area contributed by atoms with Gasteiger partial charge in [-0.1, -0.05) is 89.5 Å². The van der Waals surface area contributed by atoms with E-state index < -0.39 is 0 Å². The van der Waals surface area contributed by atoms with Crippen LogP contribution in [0.5, 0.6) is 0 Å². The molecule has 0 spiro atoms. The minimum Gasteiger partial charge on any atom is -0.328 e. The Morgan fingerprint density at radius 1 is 0.609 bits per heavy atom. The second-order valence-corrected chi connectivity index (χ2v) is 6.92. The Morgan fingerprint density at radius 3 is 1.78 bits per heavy atom. The van der Waals surface area contributed by atoms with Gasteiger partial charge in [0.05, 0.1) is 0 Å². The van der Waals surface area contributed by atoms with Crippen molar-refractivity contribution in [3.63, 3.8) is 0 Å². The SMILES string of the molecule is CCCCC/C=C/C/C=C/CCCCCCCC(N)CCCC. The van der Waals surface area contributed by atoms with Crippen molar-refractivity contribution >= 4 is 0 Å². The molecule has 0 bridgehead atoms. The Labute approximate surface area is 146 Å². The smallest absolute Gasteiger partial charge is 0.00388 e. The van der Waals surface area contributed by atoms with Gasteiger partial charge in [-0.25, -0.2) is 0 Å². The summed E-state index contributed by atoms with van der Waals surface area (Å²) in [6.07, 6.45) is 28.8. The highest BCUT2D eigenvalue weighted by atomic mass is 14.6. The first kappa shape index (κ1) is 22.4. The van der Waals surface area contributed by atoms with E-state index in [-0.39, 0.29) is 0 Å². The van der Waals surface area contributed by atoms with Crippen LogP contribution in [-0.2, 0) is 0 Å². The van der Waals surface area contributed by atoms with Gasteiger partial charge in [0.1, 0.15) is 0 Å². The first-order valence-electron chi connectivity index (χ1n) is 10.4. The zero-order valence-corrected chi connectivity index (χ0v) is 16.1. The molecule has 1 heteroatoms. The molecule has 23 heavy (non-hydrogen) atoms. The van der Waals surface area contributed by atoms with Crippen LogP contribution in [0.3, 0.4) is 0 Å². The zero-order chi connectivity index (χ0) is 17.0. The maximum absolute atomic E-state index is 6.10. The summed E-state index contributed by atoms with van der Waals surface area (Å²) in [7, 11) is 0. The van der Waals surface area contributed by atoms with E-state index in [1.54, 1.807) is 0 Å². The second-order valence-electron chi connectivity index (χ2n) is 6.92. The number of hydrogen-bond acceptors (Lipinski definition) is 1. The van der Waals surface area contributed by atoms with Crippen LogP contribution >= 0.6 is 0 Å². The maximum atomic E-state index is 6.10. The molecule has 0 aromatic rings. The van der Waals surface area contributed by atoms with Crippen molar-refractivity contribution in [2.75, 3.05) is 0 Å². The molecule has 1 atom stereocenters. The minimum atomic E-state index is 0.452. The maximum Gasteiger partial charge on any atom is 0.00388 e. The molecule has 0 aliphatic heterocycles. The number of unbranched alkanes of at least 4 members (excludes halogenated alkanes) is 9. The average molecular weight is 322 g/mol. The summed E-state index contributed by atoms with van der Waals surface area (Å²) in [5, 5.41) is 0. The molecule has 0 aliphatic rings. The number of allylic oxidation sites excluding steroid dienone is 4. The average Bonchev–Trinajstić information content (AvgIpc) is 2.56. The molecular weight excluding hydrogens is 278 g/mol. The molecule has 0 saturated carbocycles. The largest absolute Gasteiger partial charge is 0.328 e. The van der Waals surface area contributed by atoms with Gasteiger partial charge in [-0.3, -0.25) is 0 Å². The summed E-state index contributed by atoms with van der Waals surface area (Å²) in [6.45, 7) is 4.50. The Bertz CT molecular complexity index is 267. The van der Waals surface area contributed by atoms with E-state index in [4.69, 9.17) is 5.73 Å². The Kier molecular flexibility index (Phi) is 19.0. The fraction of sp³-hybridized carbons (Fsp3) is 0.818. The van der Waals surface area contributed by atoms with Gasteiger partial charge in [0.15, 0.2) is 0 Å². The normalized spacial score (nSPS) is 13.3. The van der Waals surface area contributed by atoms with Crippen molar-refractivity contribution in [3.8, 4) is 0 Å². The summed E-state index contributed by atoms with van der Waals surface area (Å²) in [4.78, 5) is 0. The van der Waals surface area contributed by atoms with Crippen LogP contribution in [0.25, 0.3) is 0 Å². The van der Waals surface area contributed by atoms with Crippen LogP contribution in [-0.4, -0.2) is 6.04 Å². The molecule has 0 aromatic carbocycles. The van der Waals surface area contributed by atoms with Gasteiger partial charge in [-0.15, -0.1) is 0 Å². The second kappa shape index (κ2) is 19.5. The molecule has 0 rings (SSSR count). The lowest BCUT2D eigenvalue weighted by molar-refractivity contribution is 0.499. The van der Waals surface area contributed by atoms with E-state index in [9.17, 15) is 0 Å². The van der Waals surface area contributed by atoms with E-state index >= 15 is 0 Å². The van der Waals surface area contributed by atoms with E-state index in [0.717, 1.165) is 6.42 Å². The highest BCUT2D eigenvalue weighted by Gasteiger charge is 2.00. The third kappa shape index (κ3) is 19.4. The number of rotatable bonds is 17. The fourth-order valence-electron chi connectivity index (χ4n) is 2.83. The zero-order valence-electron chi connectivity index (χ0n) is 16.1. The minimum absolute atomic E-state index is 0.452. The topological polar surface area (TPSA) is 26.0 Å². The molecule has 0 saturated heterocycles. The highest BCUT2D eigenvalue weighted by Crippen LogP contribution is 2.11. The van der Waals surface area contributed by atoms with Crippen LogP contribution in [0.4, 0.5) is 0 Å². The molecule has 0 amide bonds. The van der Waals surface area contributed by atoms with Gasteiger partial charge in [-0.2, -0.15) is 0 Å². The van der Waals surface area contributed by atoms with E-state index in [1.165, 1.54) is 89.9 Å². The van der Waals surface area contributed by atoms with Gasteiger partial charge < -0.3 is 5.73 Å². The standard InChI is InChI=1S/C22H43N/c1-3-5-7-8-9-10-11-12-13-14-15-16-17-18-19-21-22(23)20-6-4-2/h9-10,12-13,22H,3-8,11,14-21,23H2,1-2H3/b10-9+,13-12+. The molecular formula is C22H43N. The molecule has 136 valence electrons. The van der Waals surface area contributed by atoms with E-state index in [0.29, 0.717) is 6.04 Å². The third-order valence-electron chi connectivity index (χ3n) is 4.45. The van der Waals surface area contributed by atoms with Gasteiger partial charge >= 0.3 is 0 Å². The summed E-state index contributed by atoms with van der Waals surface area (Å²) in [6, 6.07) is 0.452. The van der Waals surface area contributed by atoms with E-state index in [2.05, 4.69) is 38.2 Å². The number of nitrogens with two attached hydrogens (primary N) is 1. The summed E-state index contributed by atoms with van der Waals surface area (Å²) in [5.41, 5.74) is 6.10. The van der Waals surface area contributed by atoms with Gasteiger partial charge in [-0.05, 0) is 44.9 Å². The molecule has 1 nitrogen and oxygen atoms in total. The van der Waals surface area contributed by atoms with Crippen LogP contribution in [0.15, 0.2) is 24.3 Å². The molecule has 1 unspecified atom stereocenters. The van der Waals surface area contributed by atoms with Crippen molar-refractivity contribution in [2.24, 2.45) is 5.73 Å². The van der Waals surface area contributed by atoms with Gasteiger partial charge in [0.25, 0.3) is 0 Å². The van der Waals surface area contributed by atoms with Crippen LogP contribution in [0.2, 0.25) is 0 Å². The molecule has 0 fully saturated rings. The van der Waals surface area contributed by atoms with Crippen LogP contribution in [0.1, 0.15) is 110 Å². The Hall–Kier alpha value is -0.560. The summed E-state index contributed by atoms with van der Waals surface area (Å²) < 4.78 is 0. The fourth-order valence-corrected chi connectivity index (χ4v) is 2.83. The molecule has 0 heterocycles. The van der Waals surface area contributed by atoms with E-state index in [1.807, 2.05) is 0 Å². The van der Waals surface area contributed by atoms with Crippen molar-refractivity contribution in [1.82, 2.24) is 0 Å². The highest BCUT2D eigenvalue weighted by molar-refractivity contribution is 4.92. The summed E-state index contributed by atoms with van der Waals surface area (Å²) >= 11 is 0. The molecule has 0 radical (unpaired) electrons. The number of hydrogen-bond donors (Lipinski definition) is 1. The third-order valence-corrected chi connectivity index (χ3v) is 4.45. The molecule has 0 aromatic heterocycles. The van der Waals surface area contributed by atoms with Crippen molar-refractivity contribution in [3.05, 3.63) is 24.3 Å². The van der Waals surface area contributed by atoms with Crippen LogP contribution in [0, 0.1) is 0 Å². The predicted octanol–water partition coefficient (Wildman–Crippen LogP) is 7.32. The quantitative estimate of drug-likeness (QED) is 0.220. The van der Waals surface area contributed by atoms with Crippen molar-refractivity contribution in [1.29, 1.82) is 0 Å². The van der Waals surface area contributed by atoms with Gasteiger partial charge in [0, 0.05) is 6.04 Å². The summed E-state index contributed by atoms with van der Waals surface area (Å²) in [5.74, 6) is 0. The lowest BCUT2D eigenvalue weighted by atomic mass is 10.0. The lowest BCUT2D eigenvalue weighted by Crippen LogP contribution is -2.19. The predicted molar refractivity (Wildman–Crippen MR) is 107 cm³/mol.